The van der Waals surface area contributed by atoms with Gasteiger partial charge < -0.3 is 9.47 Å². The summed E-state index contributed by atoms with van der Waals surface area (Å²) in [6.07, 6.45) is -0.780. The van der Waals surface area contributed by atoms with Gasteiger partial charge in [-0.15, -0.1) is 0 Å². The number of anilines is 1. The van der Waals surface area contributed by atoms with Crippen molar-refractivity contribution in [3.63, 3.8) is 0 Å². The fourth-order valence-electron chi connectivity index (χ4n) is 2.29. The molecule has 0 unspecified atom stereocenters. The van der Waals surface area contributed by atoms with Crippen molar-refractivity contribution in [2.24, 2.45) is 0 Å². The van der Waals surface area contributed by atoms with Crippen LogP contribution in [0.2, 0.25) is 0 Å². The Morgan fingerprint density at radius 2 is 2.05 bits per heavy atom. The lowest BCUT2D eigenvalue weighted by atomic mass is 10.0. The quantitative estimate of drug-likeness (QED) is 0.931. The van der Waals surface area contributed by atoms with Crippen LogP contribution in [-0.2, 0) is 20.7 Å². The Bertz CT molecular complexity index is 566. The van der Waals surface area contributed by atoms with E-state index in [0.717, 1.165) is 5.56 Å². The number of hydrazine groups is 1. The summed E-state index contributed by atoms with van der Waals surface area (Å²) in [4.78, 5) is 24.5. The third kappa shape index (κ3) is 3.76. The van der Waals surface area contributed by atoms with E-state index in [2.05, 4.69) is 5.43 Å². The molecule has 0 fully saturated rings. The van der Waals surface area contributed by atoms with Crippen LogP contribution in [0.5, 0.6) is 0 Å². The van der Waals surface area contributed by atoms with Crippen molar-refractivity contribution in [1.29, 1.82) is 0 Å². The van der Waals surface area contributed by atoms with E-state index in [9.17, 15) is 9.59 Å². The number of carbonyl (C=O) groups is 2. The molecule has 1 N–H and O–H groups in total. The van der Waals surface area contributed by atoms with Gasteiger partial charge in [0, 0.05) is 13.0 Å². The molecule has 1 heterocycles. The summed E-state index contributed by atoms with van der Waals surface area (Å²) in [5.74, 6) is -0.300. The van der Waals surface area contributed by atoms with E-state index in [-0.39, 0.29) is 5.91 Å². The SMILES string of the molecule is CCO[C@H]1Cc2ccccc2N(NC(=O)OC(C)(C)C)C1=O. The number of carbonyl (C=O) groups excluding carboxylic acids is 2. The van der Waals surface area contributed by atoms with Crippen LogP contribution in [-0.4, -0.2) is 30.3 Å². The maximum Gasteiger partial charge on any atom is 0.427 e. The topological polar surface area (TPSA) is 67.9 Å². The molecule has 0 bridgehead atoms. The maximum absolute atomic E-state index is 12.5. The minimum atomic E-state index is -0.673. The Morgan fingerprint density at radius 3 is 2.68 bits per heavy atom. The molecule has 6 nitrogen and oxygen atoms in total. The summed E-state index contributed by atoms with van der Waals surface area (Å²) in [6, 6.07) is 7.41. The lowest BCUT2D eigenvalue weighted by Crippen LogP contribution is -2.55. The molecule has 0 radical (unpaired) electrons. The van der Waals surface area contributed by atoms with E-state index < -0.39 is 17.8 Å². The number of rotatable bonds is 3. The van der Waals surface area contributed by atoms with Gasteiger partial charge in [-0.2, -0.15) is 0 Å². The average Bonchev–Trinajstić information content (AvgIpc) is 2.41. The third-order valence-corrected chi connectivity index (χ3v) is 3.10. The standard InChI is InChI=1S/C16H22N2O4/c1-5-21-13-10-11-8-6-7-9-12(11)18(14(13)19)17-15(20)22-16(2,3)4/h6-9,13H,5,10H2,1-4H3,(H,17,20)/t13-/m0/s1. The van der Waals surface area contributed by atoms with Gasteiger partial charge in [0.1, 0.15) is 11.7 Å². The van der Waals surface area contributed by atoms with E-state index in [1.54, 1.807) is 26.8 Å². The summed E-state index contributed by atoms with van der Waals surface area (Å²) < 4.78 is 10.7. The van der Waals surface area contributed by atoms with Crippen LogP contribution in [0.25, 0.3) is 0 Å². The highest BCUT2D eigenvalue weighted by molar-refractivity contribution is 6.01. The Labute approximate surface area is 130 Å². The summed E-state index contributed by atoms with van der Waals surface area (Å²) in [7, 11) is 0. The molecular formula is C16H22N2O4. The normalized spacial score (nSPS) is 17.9. The second-order valence-electron chi connectivity index (χ2n) is 6.06. The van der Waals surface area contributed by atoms with Crippen molar-refractivity contribution in [2.75, 3.05) is 11.6 Å². The zero-order chi connectivity index (χ0) is 16.3. The number of amides is 2. The minimum absolute atomic E-state index is 0.300. The number of fused-ring (bicyclic) bond motifs is 1. The van der Waals surface area contributed by atoms with Crippen molar-refractivity contribution < 1.29 is 19.1 Å². The summed E-state index contributed by atoms with van der Waals surface area (Å²) in [5.41, 5.74) is 3.46. The molecule has 0 saturated heterocycles. The Hall–Kier alpha value is -2.08. The van der Waals surface area contributed by atoms with Gasteiger partial charge in [0.15, 0.2) is 0 Å². The largest absolute Gasteiger partial charge is 0.443 e. The van der Waals surface area contributed by atoms with Crippen molar-refractivity contribution in [2.45, 2.75) is 45.8 Å². The van der Waals surface area contributed by atoms with Crippen LogP contribution in [0.4, 0.5) is 10.5 Å². The minimum Gasteiger partial charge on any atom is -0.443 e. The Kier molecular flexibility index (Phi) is 4.71. The van der Waals surface area contributed by atoms with Crippen molar-refractivity contribution in [3.8, 4) is 0 Å². The van der Waals surface area contributed by atoms with Crippen molar-refractivity contribution in [3.05, 3.63) is 29.8 Å². The molecule has 22 heavy (non-hydrogen) atoms. The Balaban J connectivity index is 2.23. The molecule has 0 aromatic heterocycles. The van der Waals surface area contributed by atoms with Gasteiger partial charge in [0.2, 0.25) is 0 Å². The lowest BCUT2D eigenvalue weighted by Gasteiger charge is -2.34. The molecule has 120 valence electrons. The fraction of sp³-hybridized carbons (Fsp3) is 0.500. The molecule has 1 aromatic carbocycles. The summed E-state index contributed by atoms with van der Waals surface area (Å²) in [6.45, 7) is 7.56. The smallest absolute Gasteiger partial charge is 0.427 e. The second kappa shape index (κ2) is 6.36. The van der Waals surface area contributed by atoms with Gasteiger partial charge in [-0.3, -0.25) is 4.79 Å². The third-order valence-electron chi connectivity index (χ3n) is 3.10. The van der Waals surface area contributed by atoms with Crippen LogP contribution >= 0.6 is 0 Å². The van der Waals surface area contributed by atoms with Gasteiger partial charge in [-0.25, -0.2) is 15.2 Å². The summed E-state index contributed by atoms with van der Waals surface area (Å²) >= 11 is 0. The van der Waals surface area contributed by atoms with Crippen molar-refractivity contribution in [1.82, 2.24) is 5.43 Å². The van der Waals surface area contributed by atoms with Crippen molar-refractivity contribution >= 4 is 17.7 Å². The molecule has 6 heteroatoms. The van der Waals surface area contributed by atoms with Gasteiger partial charge in [-0.05, 0) is 39.3 Å². The Morgan fingerprint density at radius 1 is 1.36 bits per heavy atom. The monoisotopic (exact) mass is 306 g/mol. The highest BCUT2D eigenvalue weighted by Crippen LogP contribution is 2.27. The van der Waals surface area contributed by atoms with Gasteiger partial charge in [-0.1, -0.05) is 18.2 Å². The molecule has 1 aliphatic rings. The highest BCUT2D eigenvalue weighted by atomic mass is 16.6. The number of para-hydroxylation sites is 1. The van der Waals surface area contributed by atoms with Gasteiger partial charge >= 0.3 is 6.09 Å². The first-order valence-corrected chi connectivity index (χ1v) is 7.35. The van der Waals surface area contributed by atoms with E-state index in [0.29, 0.717) is 18.7 Å². The first-order chi connectivity index (χ1) is 10.3. The van der Waals surface area contributed by atoms with E-state index >= 15 is 0 Å². The number of benzene rings is 1. The summed E-state index contributed by atoms with van der Waals surface area (Å²) in [5, 5.41) is 1.22. The number of hydrogen-bond donors (Lipinski definition) is 1. The highest BCUT2D eigenvalue weighted by Gasteiger charge is 2.35. The predicted molar refractivity (Wildman–Crippen MR) is 82.4 cm³/mol. The molecule has 1 aliphatic heterocycles. The molecule has 0 saturated carbocycles. The zero-order valence-corrected chi connectivity index (χ0v) is 13.4. The number of hydrogen-bond acceptors (Lipinski definition) is 4. The molecule has 1 atom stereocenters. The van der Waals surface area contributed by atoms with Crippen LogP contribution < -0.4 is 10.4 Å². The predicted octanol–water partition coefficient (Wildman–Crippen LogP) is 2.42. The second-order valence-corrected chi connectivity index (χ2v) is 6.06. The van der Waals surface area contributed by atoms with Gasteiger partial charge in [0.25, 0.3) is 5.91 Å². The number of ether oxygens (including phenoxy) is 2. The van der Waals surface area contributed by atoms with E-state index in [1.165, 1.54) is 5.01 Å². The van der Waals surface area contributed by atoms with Crippen LogP contribution in [0.1, 0.15) is 33.3 Å². The van der Waals surface area contributed by atoms with Gasteiger partial charge in [0.05, 0.1) is 5.69 Å². The van der Waals surface area contributed by atoms with Crippen LogP contribution in [0.15, 0.2) is 24.3 Å². The molecule has 1 aromatic rings. The molecule has 0 aliphatic carbocycles. The molecule has 2 rings (SSSR count). The molecule has 0 spiro atoms. The first kappa shape index (κ1) is 16.3. The van der Waals surface area contributed by atoms with E-state index in [4.69, 9.17) is 9.47 Å². The number of nitrogens with zero attached hydrogens (tertiary/aromatic N) is 1. The van der Waals surface area contributed by atoms with E-state index in [1.807, 2.05) is 25.1 Å². The number of nitrogens with one attached hydrogen (secondary N) is 1. The zero-order valence-electron chi connectivity index (χ0n) is 13.4. The molecule has 2 amide bonds. The maximum atomic E-state index is 12.5. The van der Waals surface area contributed by atoms with Crippen LogP contribution in [0.3, 0.4) is 0 Å². The fourth-order valence-corrected chi connectivity index (χ4v) is 2.29. The first-order valence-electron chi connectivity index (χ1n) is 7.35. The van der Waals surface area contributed by atoms with Crippen LogP contribution in [0, 0.1) is 0 Å². The lowest BCUT2D eigenvalue weighted by molar-refractivity contribution is -0.131. The average molecular weight is 306 g/mol. The molecular weight excluding hydrogens is 284 g/mol.